The number of aromatic nitrogens is 2. The van der Waals surface area contributed by atoms with E-state index in [9.17, 15) is 9.59 Å². The molecule has 6 heteroatoms. The van der Waals surface area contributed by atoms with Gasteiger partial charge in [0.05, 0.1) is 0 Å². The van der Waals surface area contributed by atoms with Crippen LogP contribution in [-0.4, -0.2) is 33.7 Å². The molecule has 0 radical (unpaired) electrons. The largest absolute Gasteiger partial charge is 0.481 e. The predicted molar refractivity (Wildman–Crippen MR) is 52.4 cm³/mol. The highest BCUT2D eigenvalue weighted by Gasteiger charge is 2.04. The monoisotopic (exact) mass is 211 g/mol. The van der Waals surface area contributed by atoms with E-state index in [0.717, 1.165) is 0 Å². The highest BCUT2D eigenvalue weighted by atomic mass is 16.4. The van der Waals surface area contributed by atoms with E-state index in [1.54, 1.807) is 6.07 Å². The van der Waals surface area contributed by atoms with Crippen molar-refractivity contribution in [1.29, 1.82) is 0 Å². The summed E-state index contributed by atoms with van der Waals surface area (Å²) >= 11 is 0. The van der Waals surface area contributed by atoms with Crippen LogP contribution in [0.1, 0.15) is 29.8 Å². The summed E-state index contributed by atoms with van der Waals surface area (Å²) < 4.78 is 0. The first kappa shape index (κ1) is 11.2. The summed E-state index contributed by atoms with van der Waals surface area (Å²) in [5.41, 5.74) is 0.410. The topological polar surface area (TPSA) is 95.1 Å². The Morgan fingerprint density at radius 2 is 2.27 bits per heavy atom. The molecule has 0 saturated heterocycles. The fourth-order valence-corrected chi connectivity index (χ4v) is 1.08. The molecule has 1 aromatic rings. The van der Waals surface area contributed by atoms with Crippen LogP contribution in [0.3, 0.4) is 0 Å². The summed E-state index contributed by atoms with van der Waals surface area (Å²) in [4.78, 5) is 21.5. The molecule has 0 atom stereocenters. The average molecular weight is 211 g/mol. The molecule has 1 amide bonds. The molecule has 0 aliphatic rings. The number of rotatable bonds is 6. The van der Waals surface area contributed by atoms with Crippen molar-refractivity contribution < 1.29 is 14.7 Å². The van der Waals surface area contributed by atoms with Crippen molar-refractivity contribution in [3.63, 3.8) is 0 Å². The van der Waals surface area contributed by atoms with E-state index < -0.39 is 5.97 Å². The van der Waals surface area contributed by atoms with E-state index in [0.29, 0.717) is 25.1 Å². The molecule has 6 nitrogen and oxygen atoms in total. The molecule has 0 saturated carbocycles. The van der Waals surface area contributed by atoms with Crippen molar-refractivity contribution >= 4 is 11.9 Å². The first-order valence-electron chi connectivity index (χ1n) is 4.69. The van der Waals surface area contributed by atoms with Gasteiger partial charge in [0.2, 0.25) is 0 Å². The molecular formula is C9H13N3O3. The maximum absolute atomic E-state index is 11.3. The summed E-state index contributed by atoms with van der Waals surface area (Å²) in [5, 5.41) is 17.2. The van der Waals surface area contributed by atoms with E-state index >= 15 is 0 Å². The van der Waals surface area contributed by atoms with E-state index in [2.05, 4.69) is 15.5 Å². The molecule has 3 N–H and O–H groups in total. The number of hydrogen-bond acceptors (Lipinski definition) is 3. The Hall–Kier alpha value is -1.85. The number of carboxylic acids is 1. The van der Waals surface area contributed by atoms with E-state index in [1.807, 2.05) is 0 Å². The van der Waals surface area contributed by atoms with Crippen molar-refractivity contribution in [1.82, 2.24) is 15.5 Å². The third-order valence-electron chi connectivity index (χ3n) is 1.85. The average Bonchev–Trinajstić information content (AvgIpc) is 2.69. The zero-order chi connectivity index (χ0) is 11.1. The quantitative estimate of drug-likeness (QED) is 0.593. The van der Waals surface area contributed by atoms with Gasteiger partial charge < -0.3 is 10.4 Å². The molecule has 82 valence electrons. The van der Waals surface area contributed by atoms with Crippen LogP contribution in [0, 0.1) is 0 Å². The molecule has 1 rings (SSSR count). The van der Waals surface area contributed by atoms with Crippen molar-refractivity contribution in [2.75, 3.05) is 6.54 Å². The number of carbonyl (C=O) groups excluding carboxylic acids is 1. The fourth-order valence-electron chi connectivity index (χ4n) is 1.08. The molecule has 1 aromatic heterocycles. The molecule has 0 aliphatic heterocycles. The van der Waals surface area contributed by atoms with Gasteiger partial charge >= 0.3 is 5.97 Å². The fraction of sp³-hybridized carbons (Fsp3) is 0.444. The Balaban J connectivity index is 2.10. The second kappa shape index (κ2) is 5.79. The number of amides is 1. The minimum atomic E-state index is -0.810. The number of hydrogen-bond donors (Lipinski definition) is 3. The number of H-pyrrole nitrogens is 1. The van der Waals surface area contributed by atoms with Gasteiger partial charge in [-0.25, -0.2) is 0 Å². The normalized spacial score (nSPS) is 9.87. The SMILES string of the molecule is O=C(O)CCCCNC(=O)c1ccn[nH]1. The van der Waals surface area contributed by atoms with Crippen LogP contribution in [-0.2, 0) is 4.79 Å². The number of carbonyl (C=O) groups is 2. The summed E-state index contributed by atoms with van der Waals surface area (Å²) in [6.45, 7) is 0.477. The Bertz CT molecular complexity index is 321. The van der Waals surface area contributed by atoms with Crippen molar-refractivity contribution in [2.24, 2.45) is 0 Å². The molecule has 15 heavy (non-hydrogen) atoms. The Kier molecular flexibility index (Phi) is 4.33. The Morgan fingerprint density at radius 1 is 1.47 bits per heavy atom. The van der Waals surface area contributed by atoms with Gasteiger partial charge in [-0.2, -0.15) is 5.10 Å². The number of nitrogens with one attached hydrogen (secondary N) is 2. The lowest BCUT2D eigenvalue weighted by Gasteiger charge is -2.01. The van der Waals surface area contributed by atoms with Gasteiger partial charge in [-0.1, -0.05) is 0 Å². The van der Waals surface area contributed by atoms with Crippen molar-refractivity contribution in [3.05, 3.63) is 18.0 Å². The minimum Gasteiger partial charge on any atom is -0.481 e. The van der Waals surface area contributed by atoms with Crippen molar-refractivity contribution in [2.45, 2.75) is 19.3 Å². The Morgan fingerprint density at radius 3 is 2.87 bits per heavy atom. The van der Waals surface area contributed by atoms with Crippen LogP contribution >= 0.6 is 0 Å². The standard InChI is InChI=1S/C9H13N3O3/c13-8(14)3-1-2-5-10-9(15)7-4-6-11-12-7/h4,6H,1-3,5H2,(H,10,15)(H,11,12)(H,13,14). The predicted octanol–water partition coefficient (Wildman–Crippen LogP) is 0.394. The molecular weight excluding hydrogens is 198 g/mol. The first-order valence-corrected chi connectivity index (χ1v) is 4.69. The maximum Gasteiger partial charge on any atom is 0.303 e. The third kappa shape index (κ3) is 4.26. The number of aliphatic carboxylic acids is 1. The van der Waals surface area contributed by atoms with Crippen molar-refractivity contribution in [3.8, 4) is 0 Å². The maximum atomic E-state index is 11.3. The van der Waals surface area contributed by atoms with Gasteiger partial charge in [0.15, 0.2) is 0 Å². The zero-order valence-electron chi connectivity index (χ0n) is 8.19. The van der Waals surface area contributed by atoms with Gasteiger partial charge in [-0.05, 0) is 18.9 Å². The minimum absolute atomic E-state index is 0.139. The molecule has 0 aromatic carbocycles. The van der Waals surface area contributed by atoms with Crippen LogP contribution in [0.15, 0.2) is 12.3 Å². The number of carboxylic acid groups (broad SMARTS) is 1. The highest BCUT2D eigenvalue weighted by molar-refractivity contribution is 5.91. The van der Waals surface area contributed by atoms with Crippen LogP contribution in [0.2, 0.25) is 0 Å². The summed E-state index contributed by atoms with van der Waals surface area (Å²) in [6, 6.07) is 1.58. The van der Waals surface area contributed by atoms with Gasteiger partial charge in [-0.15, -0.1) is 0 Å². The lowest BCUT2D eigenvalue weighted by molar-refractivity contribution is -0.137. The van der Waals surface area contributed by atoms with Gasteiger partial charge in [-0.3, -0.25) is 14.7 Å². The molecule has 1 heterocycles. The zero-order valence-corrected chi connectivity index (χ0v) is 8.19. The van der Waals surface area contributed by atoms with E-state index in [-0.39, 0.29) is 12.3 Å². The number of unbranched alkanes of at least 4 members (excludes halogenated alkanes) is 1. The third-order valence-corrected chi connectivity index (χ3v) is 1.85. The molecule has 0 unspecified atom stereocenters. The lowest BCUT2D eigenvalue weighted by Crippen LogP contribution is -2.24. The summed E-state index contributed by atoms with van der Waals surface area (Å²) in [7, 11) is 0. The number of nitrogens with zero attached hydrogens (tertiary/aromatic N) is 1. The lowest BCUT2D eigenvalue weighted by atomic mass is 10.2. The van der Waals surface area contributed by atoms with E-state index in [1.165, 1.54) is 6.20 Å². The first-order chi connectivity index (χ1) is 7.20. The summed E-state index contributed by atoms with van der Waals surface area (Å²) in [6.07, 6.45) is 2.87. The summed E-state index contributed by atoms with van der Waals surface area (Å²) in [5.74, 6) is -1.03. The molecule has 0 bridgehead atoms. The number of aromatic amines is 1. The second-order valence-corrected chi connectivity index (χ2v) is 3.08. The molecule has 0 spiro atoms. The Labute approximate surface area is 86.7 Å². The van der Waals surface area contributed by atoms with Crippen LogP contribution in [0.4, 0.5) is 0 Å². The van der Waals surface area contributed by atoms with Gasteiger partial charge in [0, 0.05) is 19.2 Å². The smallest absolute Gasteiger partial charge is 0.303 e. The second-order valence-electron chi connectivity index (χ2n) is 3.08. The van der Waals surface area contributed by atoms with Crippen LogP contribution in [0.5, 0.6) is 0 Å². The molecule has 0 fully saturated rings. The van der Waals surface area contributed by atoms with Gasteiger partial charge in [0.25, 0.3) is 5.91 Å². The highest BCUT2D eigenvalue weighted by Crippen LogP contribution is 1.95. The van der Waals surface area contributed by atoms with Crippen LogP contribution in [0.25, 0.3) is 0 Å². The van der Waals surface area contributed by atoms with Gasteiger partial charge in [0.1, 0.15) is 5.69 Å². The molecule has 0 aliphatic carbocycles. The van der Waals surface area contributed by atoms with E-state index in [4.69, 9.17) is 5.11 Å². The van der Waals surface area contributed by atoms with Crippen LogP contribution < -0.4 is 5.32 Å².